The second kappa shape index (κ2) is 5.93. The minimum absolute atomic E-state index is 0.0163. The number of aliphatic hydroxyl groups is 2. The fourth-order valence-corrected chi connectivity index (χ4v) is 3.96. The summed E-state index contributed by atoms with van der Waals surface area (Å²) in [5, 5.41) is 19.8. The lowest BCUT2D eigenvalue weighted by Gasteiger charge is -2.08. The molecule has 0 saturated carbocycles. The summed E-state index contributed by atoms with van der Waals surface area (Å²) in [5.74, 6) is 0. The molecular weight excluding hydrogens is 284 g/mol. The highest BCUT2D eigenvalue weighted by Crippen LogP contribution is 2.29. The van der Waals surface area contributed by atoms with Gasteiger partial charge in [-0.25, -0.2) is 0 Å². The molecule has 3 nitrogen and oxygen atoms in total. The smallest absolute Gasteiger partial charge is 0.196 e. The number of hydrogen-bond donors (Lipinski definition) is 2. The third-order valence-corrected chi connectivity index (χ3v) is 4.90. The molecule has 3 aromatic rings. The van der Waals surface area contributed by atoms with Crippen molar-refractivity contribution < 1.29 is 10.2 Å². The monoisotopic (exact) mass is 300 g/mol. The van der Waals surface area contributed by atoms with Crippen molar-refractivity contribution in [2.24, 2.45) is 0 Å². The standard InChI is InChI=1S/C17H16O3S/c18-9-7-11-3-2-6-14-15(11)16(20)13-5-1-4-12(8-10-19)17(13)21-14/h1-6,18-19H,7-10H2. The van der Waals surface area contributed by atoms with E-state index in [-0.39, 0.29) is 18.6 Å². The van der Waals surface area contributed by atoms with Crippen LogP contribution < -0.4 is 5.43 Å². The van der Waals surface area contributed by atoms with Crippen LogP contribution in [-0.4, -0.2) is 23.4 Å². The zero-order valence-corrected chi connectivity index (χ0v) is 12.3. The Labute approximate surface area is 126 Å². The first-order valence-corrected chi connectivity index (χ1v) is 7.76. The zero-order chi connectivity index (χ0) is 14.8. The zero-order valence-electron chi connectivity index (χ0n) is 11.5. The van der Waals surface area contributed by atoms with Crippen LogP contribution in [0.2, 0.25) is 0 Å². The van der Waals surface area contributed by atoms with Crippen LogP contribution >= 0.6 is 11.3 Å². The van der Waals surface area contributed by atoms with Crippen LogP contribution in [-0.2, 0) is 12.8 Å². The number of fused-ring (bicyclic) bond motifs is 2. The fourth-order valence-electron chi connectivity index (χ4n) is 2.69. The van der Waals surface area contributed by atoms with Crippen molar-refractivity contribution in [1.82, 2.24) is 0 Å². The average Bonchev–Trinajstić information content (AvgIpc) is 2.49. The maximum atomic E-state index is 12.8. The summed E-state index contributed by atoms with van der Waals surface area (Å²) in [5.41, 5.74) is 1.92. The maximum Gasteiger partial charge on any atom is 0.196 e. The predicted octanol–water partition coefficient (Wildman–Crippen LogP) is 2.48. The Morgan fingerprint density at radius 1 is 0.905 bits per heavy atom. The van der Waals surface area contributed by atoms with E-state index in [0.717, 1.165) is 20.5 Å². The molecule has 0 amide bonds. The molecule has 1 heterocycles. The van der Waals surface area contributed by atoms with Gasteiger partial charge in [-0.15, -0.1) is 11.3 Å². The number of aliphatic hydroxyl groups excluding tert-OH is 2. The molecule has 0 aliphatic rings. The second-order valence-electron chi connectivity index (χ2n) is 4.96. The molecular formula is C17H16O3S. The van der Waals surface area contributed by atoms with E-state index in [2.05, 4.69) is 0 Å². The van der Waals surface area contributed by atoms with Gasteiger partial charge < -0.3 is 10.2 Å². The molecule has 0 unspecified atom stereocenters. The van der Waals surface area contributed by atoms with Crippen molar-refractivity contribution in [1.29, 1.82) is 0 Å². The average molecular weight is 300 g/mol. The Balaban J connectivity index is 2.41. The van der Waals surface area contributed by atoms with E-state index in [1.807, 2.05) is 36.4 Å². The Hall–Kier alpha value is -1.75. The summed E-state index contributed by atoms with van der Waals surface area (Å²) >= 11 is 1.58. The molecule has 21 heavy (non-hydrogen) atoms. The number of hydrogen-bond acceptors (Lipinski definition) is 4. The predicted molar refractivity (Wildman–Crippen MR) is 87.2 cm³/mol. The van der Waals surface area contributed by atoms with E-state index >= 15 is 0 Å². The molecule has 0 fully saturated rings. The lowest BCUT2D eigenvalue weighted by molar-refractivity contribution is 0.299. The van der Waals surface area contributed by atoms with E-state index in [1.54, 1.807) is 11.3 Å². The summed E-state index contributed by atoms with van der Waals surface area (Å²) in [6, 6.07) is 11.4. The summed E-state index contributed by atoms with van der Waals surface area (Å²) < 4.78 is 1.88. The highest BCUT2D eigenvalue weighted by atomic mass is 32.1. The fraction of sp³-hybridized carbons (Fsp3) is 0.235. The Morgan fingerprint density at radius 3 is 2.33 bits per heavy atom. The first-order chi connectivity index (χ1) is 10.3. The van der Waals surface area contributed by atoms with Crippen molar-refractivity contribution in [2.45, 2.75) is 12.8 Å². The summed E-state index contributed by atoms with van der Waals surface area (Å²) in [4.78, 5) is 12.8. The van der Waals surface area contributed by atoms with Crippen LogP contribution in [0.4, 0.5) is 0 Å². The molecule has 0 aliphatic heterocycles. The van der Waals surface area contributed by atoms with E-state index in [4.69, 9.17) is 0 Å². The van der Waals surface area contributed by atoms with Gasteiger partial charge >= 0.3 is 0 Å². The van der Waals surface area contributed by atoms with Crippen LogP contribution in [0.1, 0.15) is 11.1 Å². The van der Waals surface area contributed by atoms with Gasteiger partial charge in [0.05, 0.1) is 0 Å². The van der Waals surface area contributed by atoms with Crippen molar-refractivity contribution in [3.05, 3.63) is 57.7 Å². The quantitative estimate of drug-likeness (QED) is 0.728. The molecule has 4 heteroatoms. The molecule has 1 aromatic heterocycles. The largest absolute Gasteiger partial charge is 0.396 e. The van der Waals surface area contributed by atoms with E-state index in [1.165, 1.54) is 0 Å². The molecule has 2 N–H and O–H groups in total. The van der Waals surface area contributed by atoms with Gasteiger partial charge in [-0.1, -0.05) is 24.3 Å². The van der Waals surface area contributed by atoms with Gasteiger partial charge in [0.1, 0.15) is 0 Å². The van der Waals surface area contributed by atoms with Crippen LogP contribution in [0.25, 0.3) is 20.2 Å². The molecule has 0 spiro atoms. The third-order valence-electron chi connectivity index (χ3n) is 3.66. The lowest BCUT2D eigenvalue weighted by atomic mass is 10.0. The molecule has 0 saturated heterocycles. The van der Waals surface area contributed by atoms with Gasteiger partial charge in [-0.3, -0.25) is 4.79 Å². The van der Waals surface area contributed by atoms with Gasteiger partial charge in [0.15, 0.2) is 5.43 Å². The van der Waals surface area contributed by atoms with E-state index in [9.17, 15) is 15.0 Å². The summed E-state index contributed by atoms with van der Waals surface area (Å²) in [7, 11) is 0. The Kier molecular flexibility index (Phi) is 4.01. The molecule has 108 valence electrons. The third kappa shape index (κ3) is 2.46. The van der Waals surface area contributed by atoms with Crippen molar-refractivity contribution in [3.63, 3.8) is 0 Å². The SMILES string of the molecule is O=c1c2cccc(CCO)c2sc2cccc(CCO)c12. The van der Waals surface area contributed by atoms with Crippen molar-refractivity contribution in [2.75, 3.05) is 13.2 Å². The van der Waals surface area contributed by atoms with Crippen molar-refractivity contribution >= 4 is 31.5 Å². The van der Waals surface area contributed by atoms with Crippen LogP contribution in [0.15, 0.2) is 41.2 Å². The summed E-state index contributed by atoms with van der Waals surface area (Å²) in [6.07, 6.45) is 1.04. The molecule has 0 aliphatic carbocycles. The molecule has 0 radical (unpaired) electrons. The van der Waals surface area contributed by atoms with E-state index in [0.29, 0.717) is 23.6 Å². The van der Waals surface area contributed by atoms with Crippen LogP contribution in [0, 0.1) is 0 Å². The highest BCUT2D eigenvalue weighted by Gasteiger charge is 2.11. The molecule has 2 aromatic carbocycles. The minimum Gasteiger partial charge on any atom is -0.396 e. The molecule has 0 bridgehead atoms. The number of benzene rings is 2. The summed E-state index contributed by atoms with van der Waals surface area (Å²) in [6.45, 7) is 0.106. The molecule has 3 rings (SSSR count). The van der Waals surface area contributed by atoms with Gasteiger partial charge in [-0.05, 0) is 36.1 Å². The maximum absolute atomic E-state index is 12.8. The Bertz CT molecular complexity index is 852. The van der Waals surface area contributed by atoms with E-state index < -0.39 is 0 Å². The van der Waals surface area contributed by atoms with Crippen molar-refractivity contribution in [3.8, 4) is 0 Å². The second-order valence-corrected chi connectivity index (χ2v) is 6.01. The Morgan fingerprint density at radius 2 is 1.57 bits per heavy atom. The van der Waals surface area contributed by atoms with Gasteiger partial charge in [0, 0.05) is 33.4 Å². The normalized spacial score (nSPS) is 11.3. The van der Waals surface area contributed by atoms with Gasteiger partial charge in [-0.2, -0.15) is 0 Å². The van der Waals surface area contributed by atoms with Crippen LogP contribution in [0.5, 0.6) is 0 Å². The van der Waals surface area contributed by atoms with Gasteiger partial charge in [0.25, 0.3) is 0 Å². The first kappa shape index (κ1) is 14.2. The highest BCUT2D eigenvalue weighted by molar-refractivity contribution is 7.24. The lowest BCUT2D eigenvalue weighted by Crippen LogP contribution is -2.06. The minimum atomic E-state index is 0.0163. The first-order valence-electron chi connectivity index (χ1n) is 6.94. The van der Waals surface area contributed by atoms with Crippen LogP contribution in [0.3, 0.4) is 0 Å². The van der Waals surface area contributed by atoms with Gasteiger partial charge in [0.2, 0.25) is 0 Å². The topological polar surface area (TPSA) is 57.5 Å². The molecule has 0 atom stereocenters. The number of rotatable bonds is 4.